The summed E-state index contributed by atoms with van der Waals surface area (Å²) in [6.45, 7) is 4.55. The van der Waals surface area contributed by atoms with Crippen molar-refractivity contribution in [1.82, 2.24) is 5.32 Å². The third-order valence-corrected chi connectivity index (χ3v) is 2.88. The number of nitrogens with one attached hydrogen (secondary N) is 1. The van der Waals surface area contributed by atoms with Gasteiger partial charge in [0.2, 0.25) is 0 Å². The van der Waals surface area contributed by atoms with Crippen LogP contribution in [0.5, 0.6) is 0 Å². The molecule has 4 heteroatoms. The monoisotopic (exact) mass is 243 g/mol. The molecule has 0 amide bonds. The third kappa shape index (κ3) is 3.75. The second kappa shape index (κ2) is 6.07. The van der Waals surface area contributed by atoms with Crippen molar-refractivity contribution in [2.24, 2.45) is 0 Å². The van der Waals surface area contributed by atoms with E-state index in [1.54, 1.807) is 0 Å². The number of rotatable bonds is 6. The van der Waals surface area contributed by atoms with Crippen molar-refractivity contribution < 1.29 is 13.9 Å². The fraction of sp³-hybridized carbons (Fsp3) is 0.538. The zero-order valence-electron chi connectivity index (χ0n) is 10.3. The Morgan fingerprint density at radius 3 is 2.29 bits per heavy atom. The molecule has 2 nitrogen and oxygen atoms in total. The van der Waals surface area contributed by atoms with E-state index in [-0.39, 0.29) is 6.61 Å². The SMILES string of the molecule is CCCNC(C)(CCO)c1cc(F)cc(F)c1. The lowest BCUT2D eigenvalue weighted by Crippen LogP contribution is -2.41. The molecule has 0 saturated carbocycles. The Kier molecular flexibility index (Phi) is 5.02. The van der Waals surface area contributed by atoms with E-state index in [0.29, 0.717) is 12.0 Å². The first-order chi connectivity index (χ1) is 8.01. The van der Waals surface area contributed by atoms with Crippen molar-refractivity contribution in [1.29, 1.82) is 0 Å². The Morgan fingerprint density at radius 1 is 1.24 bits per heavy atom. The van der Waals surface area contributed by atoms with E-state index in [4.69, 9.17) is 5.11 Å². The molecule has 17 heavy (non-hydrogen) atoms. The fourth-order valence-electron chi connectivity index (χ4n) is 1.83. The quantitative estimate of drug-likeness (QED) is 0.804. The molecular weight excluding hydrogens is 224 g/mol. The molecular formula is C13H19F2NO. The molecule has 1 atom stereocenters. The highest BCUT2D eigenvalue weighted by atomic mass is 19.1. The Bertz CT molecular complexity index is 350. The van der Waals surface area contributed by atoms with Crippen molar-refractivity contribution >= 4 is 0 Å². The Labute approximate surface area is 101 Å². The van der Waals surface area contributed by atoms with Crippen LogP contribution in [0.25, 0.3) is 0 Å². The van der Waals surface area contributed by atoms with Crippen molar-refractivity contribution in [3.05, 3.63) is 35.4 Å². The first-order valence-electron chi connectivity index (χ1n) is 5.84. The third-order valence-electron chi connectivity index (χ3n) is 2.88. The first-order valence-corrected chi connectivity index (χ1v) is 5.84. The van der Waals surface area contributed by atoms with E-state index < -0.39 is 17.2 Å². The molecule has 0 saturated heterocycles. The average molecular weight is 243 g/mol. The smallest absolute Gasteiger partial charge is 0.126 e. The maximum Gasteiger partial charge on any atom is 0.126 e. The lowest BCUT2D eigenvalue weighted by molar-refractivity contribution is 0.220. The van der Waals surface area contributed by atoms with E-state index in [0.717, 1.165) is 19.0 Å². The molecule has 0 aromatic heterocycles. The van der Waals surface area contributed by atoms with Crippen LogP contribution in [-0.4, -0.2) is 18.3 Å². The highest BCUT2D eigenvalue weighted by molar-refractivity contribution is 5.25. The normalized spacial score (nSPS) is 14.6. The Morgan fingerprint density at radius 2 is 1.82 bits per heavy atom. The molecule has 2 N–H and O–H groups in total. The van der Waals surface area contributed by atoms with Gasteiger partial charge in [-0.25, -0.2) is 8.78 Å². The van der Waals surface area contributed by atoms with Gasteiger partial charge in [-0.2, -0.15) is 0 Å². The highest BCUT2D eigenvalue weighted by Crippen LogP contribution is 2.26. The summed E-state index contributed by atoms with van der Waals surface area (Å²) in [5, 5.41) is 12.3. The van der Waals surface area contributed by atoms with Crippen LogP contribution < -0.4 is 5.32 Å². The van der Waals surface area contributed by atoms with Gasteiger partial charge in [-0.3, -0.25) is 0 Å². The molecule has 96 valence electrons. The minimum Gasteiger partial charge on any atom is -0.396 e. The maximum atomic E-state index is 13.2. The Hall–Kier alpha value is -1.00. The average Bonchev–Trinajstić information content (AvgIpc) is 2.25. The largest absolute Gasteiger partial charge is 0.396 e. The van der Waals surface area contributed by atoms with Gasteiger partial charge >= 0.3 is 0 Å². The van der Waals surface area contributed by atoms with Gasteiger partial charge in [-0.15, -0.1) is 0 Å². The van der Waals surface area contributed by atoms with Crippen LogP contribution in [0.4, 0.5) is 8.78 Å². The van der Waals surface area contributed by atoms with Gasteiger partial charge in [0.25, 0.3) is 0 Å². The number of aliphatic hydroxyl groups excluding tert-OH is 1. The van der Waals surface area contributed by atoms with Gasteiger partial charge in [0, 0.05) is 18.2 Å². The molecule has 1 aromatic rings. The molecule has 1 unspecified atom stereocenters. The summed E-state index contributed by atoms with van der Waals surface area (Å²) in [6.07, 6.45) is 1.33. The number of benzene rings is 1. The lowest BCUT2D eigenvalue weighted by Gasteiger charge is -2.31. The van der Waals surface area contributed by atoms with Gasteiger partial charge in [-0.1, -0.05) is 6.92 Å². The van der Waals surface area contributed by atoms with Gasteiger partial charge < -0.3 is 10.4 Å². The van der Waals surface area contributed by atoms with Crippen LogP contribution >= 0.6 is 0 Å². The summed E-state index contributed by atoms with van der Waals surface area (Å²) >= 11 is 0. The van der Waals surface area contributed by atoms with Crippen LogP contribution in [0.3, 0.4) is 0 Å². The second-order valence-electron chi connectivity index (χ2n) is 4.39. The number of halogens is 2. The van der Waals surface area contributed by atoms with E-state index >= 15 is 0 Å². The summed E-state index contributed by atoms with van der Waals surface area (Å²) < 4.78 is 26.4. The van der Waals surface area contributed by atoms with Crippen LogP contribution in [-0.2, 0) is 5.54 Å². The van der Waals surface area contributed by atoms with E-state index in [9.17, 15) is 8.78 Å². The summed E-state index contributed by atoms with van der Waals surface area (Å²) in [6, 6.07) is 3.46. The van der Waals surface area contributed by atoms with Crippen molar-refractivity contribution in [3.63, 3.8) is 0 Å². The topological polar surface area (TPSA) is 32.3 Å². The first kappa shape index (κ1) is 14.1. The highest BCUT2D eigenvalue weighted by Gasteiger charge is 2.26. The lowest BCUT2D eigenvalue weighted by atomic mass is 9.88. The summed E-state index contributed by atoms with van der Waals surface area (Å²) in [5.41, 5.74) is -0.0780. The van der Waals surface area contributed by atoms with Crippen molar-refractivity contribution in [3.8, 4) is 0 Å². The molecule has 0 aliphatic heterocycles. The molecule has 0 fully saturated rings. The van der Waals surface area contributed by atoms with Crippen LogP contribution in [0.2, 0.25) is 0 Å². The number of hydrogen-bond acceptors (Lipinski definition) is 2. The molecule has 0 aliphatic rings. The molecule has 1 aromatic carbocycles. The molecule has 1 rings (SSSR count). The Balaban J connectivity index is 3.02. The maximum absolute atomic E-state index is 13.2. The van der Waals surface area contributed by atoms with Crippen LogP contribution in [0.15, 0.2) is 18.2 Å². The minimum absolute atomic E-state index is 0.0364. The number of hydrogen-bond donors (Lipinski definition) is 2. The van der Waals surface area contributed by atoms with Crippen molar-refractivity contribution in [2.45, 2.75) is 32.2 Å². The van der Waals surface area contributed by atoms with Crippen LogP contribution in [0.1, 0.15) is 32.3 Å². The predicted octanol–water partition coefficient (Wildman–Crippen LogP) is 2.56. The predicted molar refractivity (Wildman–Crippen MR) is 63.7 cm³/mol. The minimum atomic E-state index is -0.603. The molecule has 0 bridgehead atoms. The van der Waals surface area contributed by atoms with Gasteiger partial charge in [0.1, 0.15) is 11.6 Å². The van der Waals surface area contributed by atoms with E-state index in [1.165, 1.54) is 12.1 Å². The zero-order chi connectivity index (χ0) is 12.9. The molecule has 0 aliphatic carbocycles. The van der Waals surface area contributed by atoms with E-state index in [2.05, 4.69) is 5.32 Å². The summed E-state index contributed by atoms with van der Waals surface area (Å²) in [7, 11) is 0. The zero-order valence-corrected chi connectivity index (χ0v) is 10.3. The van der Waals surface area contributed by atoms with E-state index in [1.807, 2.05) is 13.8 Å². The fourth-order valence-corrected chi connectivity index (χ4v) is 1.83. The van der Waals surface area contributed by atoms with Crippen LogP contribution in [0, 0.1) is 11.6 Å². The van der Waals surface area contributed by atoms with Gasteiger partial charge in [0.05, 0.1) is 0 Å². The second-order valence-corrected chi connectivity index (χ2v) is 4.39. The standard InChI is InChI=1S/C13H19F2NO/c1-3-5-16-13(2,4-6-17)10-7-11(14)9-12(15)8-10/h7-9,16-17H,3-6H2,1-2H3. The summed E-state index contributed by atoms with van der Waals surface area (Å²) in [5.74, 6) is -1.19. The number of aliphatic hydroxyl groups is 1. The summed E-state index contributed by atoms with van der Waals surface area (Å²) in [4.78, 5) is 0. The molecule has 0 heterocycles. The van der Waals surface area contributed by atoms with Gasteiger partial charge in [-0.05, 0) is 44.0 Å². The van der Waals surface area contributed by atoms with Gasteiger partial charge in [0.15, 0.2) is 0 Å². The molecule has 0 radical (unpaired) electrons. The molecule has 0 spiro atoms. The van der Waals surface area contributed by atoms with Crippen molar-refractivity contribution in [2.75, 3.05) is 13.2 Å².